The summed E-state index contributed by atoms with van der Waals surface area (Å²) in [6.45, 7) is 8.71. The summed E-state index contributed by atoms with van der Waals surface area (Å²) >= 11 is 0. The molecule has 1 saturated heterocycles. The van der Waals surface area contributed by atoms with Crippen LogP contribution in [0.4, 0.5) is 5.69 Å². The maximum atomic E-state index is 6.38. The van der Waals surface area contributed by atoms with Crippen molar-refractivity contribution in [3.63, 3.8) is 0 Å². The van der Waals surface area contributed by atoms with Gasteiger partial charge < -0.3 is 16.0 Å². The van der Waals surface area contributed by atoms with Gasteiger partial charge in [-0.1, -0.05) is 30.5 Å². The molecule has 2 aliphatic rings. The summed E-state index contributed by atoms with van der Waals surface area (Å²) in [7, 11) is 0. The van der Waals surface area contributed by atoms with Crippen molar-refractivity contribution < 1.29 is 0 Å². The Balaban J connectivity index is 1.88. The highest BCUT2D eigenvalue weighted by atomic mass is 15.3. The molecule has 25 heavy (non-hydrogen) atoms. The molecule has 0 bridgehead atoms. The standard InChI is InChI=1S/C21H34N4/c1-15-13-16(2)20(17(3)14-15)24-21(25-11-7-4-8-12-25)23-19-10-6-5-9-18(19)22/h13-14,18-19H,4-12,22H2,1-3H3,(H,23,24)/t18-,19-/m0/s1. The van der Waals surface area contributed by atoms with Gasteiger partial charge in [0.15, 0.2) is 5.96 Å². The van der Waals surface area contributed by atoms with Gasteiger partial charge in [-0.25, -0.2) is 4.99 Å². The largest absolute Gasteiger partial charge is 0.343 e. The molecule has 1 aromatic rings. The van der Waals surface area contributed by atoms with Gasteiger partial charge in [-0.2, -0.15) is 0 Å². The molecule has 138 valence electrons. The molecule has 0 aromatic heterocycles. The summed E-state index contributed by atoms with van der Waals surface area (Å²) in [6.07, 6.45) is 8.55. The molecular formula is C21H34N4. The number of guanidine groups is 1. The Morgan fingerprint density at radius 1 is 1.00 bits per heavy atom. The SMILES string of the molecule is Cc1cc(C)c(NC(=N[C@H]2CCCC[C@@H]2N)N2CCCCC2)c(C)c1. The number of piperidine rings is 1. The highest BCUT2D eigenvalue weighted by Crippen LogP contribution is 2.25. The van der Waals surface area contributed by atoms with Crippen LogP contribution in [0.5, 0.6) is 0 Å². The lowest BCUT2D eigenvalue weighted by Gasteiger charge is -2.33. The molecule has 0 amide bonds. The van der Waals surface area contributed by atoms with Crippen LogP contribution in [0.25, 0.3) is 0 Å². The maximum absolute atomic E-state index is 6.38. The van der Waals surface area contributed by atoms with Crippen LogP contribution in [0.15, 0.2) is 17.1 Å². The molecule has 3 N–H and O–H groups in total. The highest BCUT2D eigenvalue weighted by Gasteiger charge is 2.24. The molecule has 3 rings (SSSR count). The number of nitrogens with two attached hydrogens (primary N) is 1. The zero-order chi connectivity index (χ0) is 17.8. The molecule has 4 nitrogen and oxygen atoms in total. The van der Waals surface area contributed by atoms with E-state index in [9.17, 15) is 0 Å². The number of hydrogen-bond acceptors (Lipinski definition) is 2. The van der Waals surface area contributed by atoms with E-state index in [1.54, 1.807) is 0 Å². The van der Waals surface area contributed by atoms with Crippen LogP contribution in [-0.4, -0.2) is 36.0 Å². The molecule has 0 radical (unpaired) electrons. The van der Waals surface area contributed by atoms with E-state index in [2.05, 4.69) is 43.1 Å². The average molecular weight is 343 g/mol. The number of nitrogens with zero attached hydrogens (tertiary/aromatic N) is 2. The fraction of sp³-hybridized carbons (Fsp3) is 0.667. The minimum absolute atomic E-state index is 0.204. The maximum Gasteiger partial charge on any atom is 0.198 e. The summed E-state index contributed by atoms with van der Waals surface area (Å²) in [5.74, 6) is 1.04. The fourth-order valence-electron chi connectivity index (χ4n) is 4.25. The predicted molar refractivity (Wildman–Crippen MR) is 107 cm³/mol. The first-order valence-electron chi connectivity index (χ1n) is 9.98. The van der Waals surface area contributed by atoms with Gasteiger partial charge in [0.25, 0.3) is 0 Å². The number of anilines is 1. The summed E-state index contributed by atoms with van der Waals surface area (Å²) in [4.78, 5) is 7.58. The molecule has 1 aliphatic heterocycles. The number of hydrogen-bond donors (Lipinski definition) is 2. The lowest BCUT2D eigenvalue weighted by molar-refractivity contribution is 0.331. The van der Waals surface area contributed by atoms with Gasteiger partial charge in [0.1, 0.15) is 0 Å². The second kappa shape index (κ2) is 8.22. The summed E-state index contributed by atoms with van der Waals surface area (Å²) in [5, 5.41) is 3.70. The van der Waals surface area contributed by atoms with Crippen molar-refractivity contribution >= 4 is 11.6 Å². The van der Waals surface area contributed by atoms with E-state index in [4.69, 9.17) is 10.7 Å². The second-order valence-electron chi connectivity index (χ2n) is 7.91. The monoisotopic (exact) mass is 342 g/mol. The first-order chi connectivity index (χ1) is 12.0. The van der Waals surface area contributed by atoms with Gasteiger partial charge in [0.2, 0.25) is 0 Å². The van der Waals surface area contributed by atoms with Crippen LogP contribution >= 0.6 is 0 Å². The highest BCUT2D eigenvalue weighted by molar-refractivity contribution is 5.95. The lowest BCUT2D eigenvalue weighted by atomic mass is 9.91. The molecule has 4 heteroatoms. The third-order valence-corrected chi connectivity index (χ3v) is 5.64. The Labute approximate surface area is 152 Å². The van der Waals surface area contributed by atoms with E-state index < -0.39 is 0 Å². The number of aryl methyl sites for hydroxylation is 3. The third kappa shape index (κ3) is 4.55. The minimum Gasteiger partial charge on any atom is -0.343 e. The molecule has 2 fully saturated rings. The van der Waals surface area contributed by atoms with Crippen LogP contribution in [0.3, 0.4) is 0 Å². The van der Waals surface area contributed by atoms with Gasteiger partial charge in [0, 0.05) is 24.8 Å². The van der Waals surface area contributed by atoms with Gasteiger partial charge in [-0.05, 0) is 64.0 Å². The molecule has 1 aliphatic carbocycles. The fourth-order valence-corrected chi connectivity index (χ4v) is 4.25. The van der Waals surface area contributed by atoms with Crippen molar-refractivity contribution in [2.75, 3.05) is 18.4 Å². The van der Waals surface area contributed by atoms with Crippen molar-refractivity contribution in [2.24, 2.45) is 10.7 Å². The zero-order valence-corrected chi connectivity index (χ0v) is 16.1. The number of rotatable bonds is 2. The second-order valence-corrected chi connectivity index (χ2v) is 7.91. The van der Waals surface area contributed by atoms with Crippen LogP contribution in [-0.2, 0) is 0 Å². The smallest absolute Gasteiger partial charge is 0.198 e. The number of benzene rings is 1. The molecule has 2 atom stereocenters. The Morgan fingerprint density at radius 3 is 2.28 bits per heavy atom. The van der Waals surface area contributed by atoms with Gasteiger partial charge in [-0.3, -0.25) is 0 Å². The summed E-state index contributed by atoms with van der Waals surface area (Å²) in [5.41, 5.74) is 11.5. The quantitative estimate of drug-likeness (QED) is 0.627. The Morgan fingerprint density at radius 2 is 1.64 bits per heavy atom. The van der Waals surface area contributed by atoms with Crippen molar-refractivity contribution in [1.29, 1.82) is 0 Å². The Kier molecular flexibility index (Phi) is 6.00. The van der Waals surface area contributed by atoms with E-state index in [0.29, 0.717) is 0 Å². The zero-order valence-electron chi connectivity index (χ0n) is 16.1. The first kappa shape index (κ1) is 18.2. The topological polar surface area (TPSA) is 53.6 Å². The van der Waals surface area contributed by atoms with Crippen LogP contribution in [0.2, 0.25) is 0 Å². The lowest BCUT2D eigenvalue weighted by Crippen LogP contribution is -2.44. The van der Waals surface area contributed by atoms with Crippen LogP contribution in [0, 0.1) is 20.8 Å². The average Bonchev–Trinajstić information content (AvgIpc) is 2.59. The molecular weight excluding hydrogens is 308 g/mol. The van der Waals surface area contributed by atoms with Crippen LogP contribution in [0.1, 0.15) is 61.6 Å². The number of nitrogens with one attached hydrogen (secondary N) is 1. The van der Waals surface area contributed by atoms with Crippen molar-refractivity contribution in [1.82, 2.24) is 4.90 Å². The number of aliphatic imine (C=N–C) groups is 1. The van der Waals surface area contributed by atoms with Crippen LogP contribution < -0.4 is 11.1 Å². The van der Waals surface area contributed by atoms with Crippen molar-refractivity contribution in [2.45, 2.75) is 77.8 Å². The van der Waals surface area contributed by atoms with Crippen molar-refractivity contribution in [3.8, 4) is 0 Å². The summed E-state index contributed by atoms with van der Waals surface area (Å²) in [6, 6.07) is 4.95. The molecule has 0 unspecified atom stereocenters. The van der Waals surface area contributed by atoms with E-state index in [1.165, 1.54) is 54.5 Å². The predicted octanol–water partition coefficient (Wildman–Crippen LogP) is 4.14. The molecule has 1 saturated carbocycles. The molecule has 1 aromatic carbocycles. The normalized spacial score (nSPS) is 25.1. The molecule has 1 heterocycles. The van der Waals surface area contributed by atoms with E-state index >= 15 is 0 Å². The van der Waals surface area contributed by atoms with Gasteiger partial charge in [0.05, 0.1) is 6.04 Å². The first-order valence-corrected chi connectivity index (χ1v) is 9.98. The van der Waals surface area contributed by atoms with E-state index in [0.717, 1.165) is 31.9 Å². The van der Waals surface area contributed by atoms with Gasteiger partial charge in [-0.15, -0.1) is 0 Å². The van der Waals surface area contributed by atoms with E-state index in [1.807, 2.05) is 0 Å². The number of likely N-dealkylation sites (tertiary alicyclic amines) is 1. The Bertz CT molecular complexity index is 593. The summed E-state index contributed by atoms with van der Waals surface area (Å²) < 4.78 is 0. The third-order valence-electron chi connectivity index (χ3n) is 5.64. The van der Waals surface area contributed by atoms with E-state index in [-0.39, 0.29) is 12.1 Å². The Hall–Kier alpha value is -1.55. The molecule has 0 spiro atoms. The minimum atomic E-state index is 0.204. The van der Waals surface area contributed by atoms with Crippen molar-refractivity contribution in [3.05, 3.63) is 28.8 Å². The van der Waals surface area contributed by atoms with Gasteiger partial charge >= 0.3 is 0 Å².